The van der Waals surface area contributed by atoms with Gasteiger partial charge in [-0.25, -0.2) is 0 Å². The molecule has 1 fully saturated rings. The predicted molar refractivity (Wildman–Crippen MR) is 50.1 cm³/mol. The van der Waals surface area contributed by atoms with E-state index in [0.717, 1.165) is 19.3 Å². The summed E-state index contributed by atoms with van der Waals surface area (Å²) in [5.74, 6) is -0.0489. The minimum atomic E-state index is -4.15. The van der Waals surface area contributed by atoms with E-state index >= 15 is 0 Å². The van der Waals surface area contributed by atoms with Crippen LogP contribution in [0.15, 0.2) is 0 Å². The minimum Gasteiger partial charge on any atom is -0.376 e. The Morgan fingerprint density at radius 2 is 2.07 bits per heavy atom. The van der Waals surface area contributed by atoms with Crippen LogP contribution in [-0.4, -0.2) is 30.0 Å². The molecule has 6 heteroatoms. The molecule has 0 aromatic carbocycles. The van der Waals surface area contributed by atoms with Gasteiger partial charge in [-0.05, 0) is 31.0 Å². The first-order chi connectivity index (χ1) is 6.49. The number of hydrogen-bond acceptors (Lipinski definition) is 3. The molecule has 1 saturated carbocycles. The maximum atomic E-state index is 11.7. The van der Waals surface area contributed by atoms with Crippen molar-refractivity contribution in [2.75, 3.05) is 12.4 Å². The monoisotopic (exact) mass is 229 g/mol. The van der Waals surface area contributed by atoms with E-state index in [1.807, 2.05) is 0 Å². The largest absolute Gasteiger partial charge is 0.441 e. The van der Waals surface area contributed by atoms with Gasteiger partial charge in [-0.2, -0.15) is 13.2 Å². The quantitative estimate of drug-likeness (QED) is 0.750. The van der Waals surface area contributed by atoms with Gasteiger partial charge in [0.15, 0.2) is 0 Å². The van der Waals surface area contributed by atoms with Crippen LogP contribution in [0.3, 0.4) is 0 Å². The van der Waals surface area contributed by atoms with Gasteiger partial charge in [-0.15, -0.1) is 0 Å². The smallest absolute Gasteiger partial charge is 0.376 e. The van der Waals surface area contributed by atoms with Crippen molar-refractivity contribution in [1.82, 2.24) is 0 Å². The van der Waals surface area contributed by atoms with Crippen LogP contribution in [0.25, 0.3) is 0 Å². The number of ether oxygens (including phenoxy) is 1. The Hall–Kier alpha value is 0.0600. The standard InChI is InChI=1S/C8H14F3NOS/c9-8(10,11)14-5-4-13-7-3-1-2-6(7)12/h6-7H,1-5,12H2. The van der Waals surface area contributed by atoms with E-state index in [1.54, 1.807) is 0 Å². The lowest BCUT2D eigenvalue weighted by atomic mass is 10.2. The fourth-order valence-corrected chi connectivity index (χ4v) is 1.93. The highest BCUT2D eigenvalue weighted by atomic mass is 32.2. The van der Waals surface area contributed by atoms with Gasteiger partial charge < -0.3 is 10.5 Å². The van der Waals surface area contributed by atoms with Crippen LogP contribution >= 0.6 is 11.8 Å². The Kier molecular flexibility index (Phi) is 4.53. The number of thioether (sulfide) groups is 1. The van der Waals surface area contributed by atoms with Crippen LogP contribution in [0.2, 0.25) is 0 Å². The molecule has 0 saturated heterocycles. The first-order valence-corrected chi connectivity index (χ1v) is 5.55. The topological polar surface area (TPSA) is 35.2 Å². The lowest BCUT2D eigenvalue weighted by Crippen LogP contribution is -2.32. The Morgan fingerprint density at radius 3 is 2.57 bits per heavy atom. The highest BCUT2D eigenvalue weighted by molar-refractivity contribution is 8.00. The van der Waals surface area contributed by atoms with Gasteiger partial charge in [0.1, 0.15) is 0 Å². The zero-order valence-electron chi connectivity index (χ0n) is 7.72. The van der Waals surface area contributed by atoms with E-state index in [2.05, 4.69) is 0 Å². The van der Waals surface area contributed by atoms with E-state index < -0.39 is 5.51 Å². The van der Waals surface area contributed by atoms with Gasteiger partial charge in [0.05, 0.1) is 12.7 Å². The highest BCUT2D eigenvalue weighted by Gasteiger charge is 2.28. The summed E-state index contributed by atoms with van der Waals surface area (Å²) in [5, 5.41) is 0. The molecule has 14 heavy (non-hydrogen) atoms. The third-order valence-electron chi connectivity index (χ3n) is 2.18. The number of nitrogens with two attached hydrogens (primary N) is 1. The molecule has 2 atom stereocenters. The molecule has 0 heterocycles. The summed E-state index contributed by atoms with van der Waals surface area (Å²) >= 11 is -0.0476. The van der Waals surface area contributed by atoms with E-state index in [-0.39, 0.29) is 36.3 Å². The third kappa shape index (κ3) is 4.52. The minimum absolute atomic E-state index is 0.00545. The van der Waals surface area contributed by atoms with E-state index in [4.69, 9.17) is 10.5 Å². The molecule has 0 spiro atoms. The predicted octanol–water partition coefficient (Wildman–Crippen LogP) is 2.14. The maximum absolute atomic E-state index is 11.7. The summed E-state index contributed by atoms with van der Waals surface area (Å²) in [6.07, 6.45) is 2.76. The summed E-state index contributed by atoms with van der Waals surface area (Å²) in [6, 6.07) is 0.00545. The molecule has 0 radical (unpaired) electrons. The molecule has 0 aromatic rings. The number of alkyl halides is 3. The van der Waals surface area contributed by atoms with E-state index in [9.17, 15) is 13.2 Å². The zero-order valence-corrected chi connectivity index (χ0v) is 8.53. The van der Waals surface area contributed by atoms with Crippen LogP contribution < -0.4 is 5.73 Å². The molecule has 2 unspecified atom stereocenters. The molecule has 1 aliphatic carbocycles. The summed E-state index contributed by atoms with van der Waals surface area (Å²) < 4.78 is 40.4. The molecule has 84 valence electrons. The number of halogens is 3. The molecule has 0 aromatic heterocycles. The highest BCUT2D eigenvalue weighted by Crippen LogP contribution is 2.30. The molecule has 2 nitrogen and oxygen atoms in total. The van der Waals surface area contributed by atoms with Gasteiger partial charge in [-0.3, -0.25) is 0 Å². The van der Waals surface area contributed by atoms with Crippen molar-refractivity contribution >= 4 is 11.8 Å². The van der Waals surface area contributed by atoms with Crippen molar-refractivity contribution in [3.63, 3.8) is 0 Å². The van der Waals surface area contributed by atoms with Crippen molar-refractivity contribution in [3.8, 4) is 0 Å². The van der Waals surface area contributed by atoms with Crippen molar-refractivity contribution in [2.45, 2.75) is 36.9 Å². The fourth-order valence-electron chi connectivity index (χ4n) is 1.52. The van der Waals surface area contributed by atoms with Crippen molar-refractivity contribution in [3.05, 3.63) is 0 Å². The molecule has 0 amide bonds. The summed E-state index contributed by atoms with van der Waals surface area (Å²) in [5.41, 5.74) is 1.54. The number of hydrogen-bond donors (Lipinski definition) is 1. The van der Waals surface area contributed by atoms with Gasteiger partial charge in [-0.1, -0.05) is 0 Å². The molecule has 1 aliphatic rings. The molecular weight excluding hydrogens is 215 g/mol. The Labute approximate surface area is 85.4 Å². The molecular formula is C8H14F3NOS. The van der Waals surface area contributed by atoms with Gasteiger partial charge in [0, 0.05) is 11.8 Å². The van der Waals surface area contributed by atoms with Gasteiger partial charge in [0.25, 0.3) is 0 Å². The average Bonchev–Trinajstić information content (AvgIpc) is 2.44. The van der Waals surface area contributed by atoms with Crippen LogP contribution in [-0.2, 0) is 4.74 Å². The SMILES string of the molecule is NC1CCCC1OCCSC(F)(F)F. The van der Waals surface area contributed by atoms with Crippen molar-refractivity contribution < 1.29 is 17.9 Å². The Morgan fingerprint density at radius 1 is 1.36 bits per heavy atom. The van der Waals surface area contributed by atoms with Gasteiger partial charge >= 0.3 is 5.51 Å². The second kappa shape index (κ2) is 5.23. The van der Waals surface area contributed by atoms with Crippen LogP contribution in [0, 0.1) is 0 Å². The average molecular weight is 229 g/mol. The van der Waals surface area contributed by atoms with Gasteiger partial charge in [0.2, 0.25) is 0 Å². The summed E-state index contributed by atoms with van der Waals surface area (Å²) in [7, 11) is 0. The first-order valence-electron chi connectivity index (χ1n) is 4.57. The Balaban J connectivity index is 2.04. The normalized spacial score (nSPS) is 28.3. The van der Waals surface area contributed by atoms with Crippen molar-refractivity contribution in [2.24, 2.45) is 5.73 Å². The second-order valence-electron chi connectivity index (χ2n) is 3.30. The fraction of sp³-hybridized carbons (Fsp3) is 1.00. The summed E-state index contributed by atoms with van der Waals surface area (Å²) in [4.78, 5) is 0. The molecule has 0 aliphatic heterocycles. The molecule has 2 N–H and O–H groups in total. The lowest BCUT2D eigenvalue weighted by Gasteiger charge is -2.16. The second-order valence-corrected chi connectivity index (χ2v) is 4.46. The van der Waals surface area contributed by atoms with E-state index in [1.165, 1.54) is 0 Å². The van der Waals surface area contributed by atoms with Crippen molar-refractivity contribution in [1.29, 1.82) is 0 Å². The lowest BCUT2D eigenvalue weighted by molar-refractivity contribution is -0.0335. The zero-order chi connectivity index (χ0) is 10.6. The Bertz CT molecular complexity index is 176. The van der Waals surface area contributed by atoms with E-state index in [0.29, 0.717) is 0 Å². The summed E-state index contributed by atoms with van der Waals surface area (Å²) in [6.45, 7) is 0.128. The van der Waals surface area contributed by atoms with Crippen LogP contribution in [0.4, 0.5) is 13.2 Å². The first kappa shape index (κ1) is 12.1. The molecule has 1 rings (SSSR count). The van der Waals surface area contributed by atoms with Crippen LogP contribution in [0.5, 0.6) is 0 Å². The number of rotatable bonds is 4. The third-order valence-corrected chi connectivity index (χ3v) is 2.88. The molecule has 0 bridgehead atoms. The maximum Gasteiger partial charge on any atom is 0.441 e. The van der Waals surface area contributed by atoms with Crippen LogP contribution in [0.1, 0.15) is 19.3 Å².